The summed E-state index contributed by atoms with van der Waals surface area (Å²) in [4.78, 5) is 19.1. The van der Waals surface area contributed by atoms with Crippen LogP contribution in [0.15, 0.2) is 4.99 Å². The number of halogens is 1. The van der Waals surface area contributed by atoms with E-state index in [1.165, 1.54) is 25.7 Å². The van der Waals surface area contributed by atoms with Crippen LogP contribution in [-0.2, 0) is 9.53 Å². The number of piperidine rings is 1. The van der Waals surface area contributed by atoms with Gasteiger partial charge < -0.3 is 20.3 Å². The van der Waals surface area contributed by atoms with Gasteiger partial charge in [-0.3, -0.25) is 9.79 Å². The van der Waals surface area contributed by atoms with Gasteiger partial charge in [0.25, 0.3) is 0 Å². The monoisotopic (exact) mass is 480 g/mol. The number of nitrogens with one attached hydrogen (secondary N) is 2. The van der Waals surface area contributed by atoms with E-state index in [9.17, 15) is 4.79 Å². The van der Waals surface area contributed by atoms with Crippen molar-refractivity contribution in [3.63, 3.8) is 0 Å². The van der Waals surface area contributed by atoms with Crippen molar-refractivity contribution in [3.05, 3.63) is 0 Å². The molecule has 26 heavy (non-hydrogen) atoms. The number of likely N-dealkylation sites (tertiary alicyclic amines) is 1. The number of hydrogen-bond acceptors (Lipinski definition) is 3. The maximum Gasteiger partial charge on any atom is 0.225 e. The van der Waals surface area contributed by atoms with Gasteiger partial charge in [0, 0.05) is 43.6 Å². The molecule has 152 valence electrons. The molecule has 6 nitrogen and oxygen atoms in total. The Labute approximate surface area is 175 Å². The molecular weight excluding hydrogens is 443 g/mol. The third-order valence-electron chi connectivity index (χ3n) is 5.04. The molecule has 1 spiro atoms. The topological polar surface area (TPSA) is 66.0 Å². The second-order valence-corrected chi connectivity index (χ2v) is 8.42. The average molecular weight is 480 g/mol. The molecule has 2 heterocycles. The van der Waals surface area contributed by atoms with Crippen molar-refractivity contribution in [2.75, 3.05) is 45.9 Å². The van der Waals surface area contributed by atoms with Gasteiger partial charge in [-0.05, 0) is 32.6 Å². The minimum atomic E-state index is -0.353. The molecule has 2 aliphatic heterocycles. The zero-order valence-electron chi connectivity index (χ0n) is 16.9. The zero-order valence-corrected chi connectivity index (χ0v) is 19.2. The Morgan fingerprint density at radius 2 is 1.96 bits per heavy atom. The molecule has 1 atom stereocenters. The van der Waals surface area contributed by atoms with Crippen LogP contribution in [0.4, 0.5) is 0 Å². The summed E-state index contributed by atoms with van der Waals surface area (Å²) in [7, 11) is 0. The van der Waals surface area contributed by atoms with Crippen molar-refractivity contribution in [3.8, 4) is 0 Å². The molecule has 1 amide bonds. The number of guanidine groups is 1. The molecule has 2 N–H and O–H groups in total. The predicted molar refractivity (Wildman–Crippen MR) is 117 cm³/mol. The first kappa shape index (κ1) is 23.5. The number of nitrogens with zero attached hydrogens (tertiary/aromatic N) is 2. The number of aliphatic imine (C=N–C) groups is 1. The van der Waals surface area contributed by atoms with Gasteiger partial charge in [-0.15, -0.1) is 24.0 Å². The Hall–Kier alpha value is -0.570. The van der Waals surface area contributed by atoms with Crippen molar-refractivity contribution < 1.29 is 9.53 Å². The van der Waals surface area contributed by atoms with Gasteiger partial charge in [-0.1, -0.05) is 20.8 Å². The summed E-state index contributed by atoms with van der Waals surface area (Å²) in [5.74, 6) is 1.04. The molecule has 0 bridgehead atoms. The Balaban J connectivity index is 0.00000338. The van der Waals surface area contributed by atoms with E-state index in [4.69, 9.17) is 9.73 Å². The van der Waals surface area contributed by atoms with Crippen LogP contribution in [0.5, 0.6) is 0 Å². The second kappa shape index (κ2) is 10.7. The van der Waals surface area contributed by atoms with Crippen LogP contribution in [-0.4, -0.2) is 62.7 Å². The second-order valence-electron chi connectivity index (χ2n) is 8.42. The number of hydrogen-bond donors (Lipinski definition) is 2. The standard InChI is InChI=1S/C19H36N4O2.HI/c1-5-20-17(22-11-10-21-16(24)18(2,3)4)23-12-6-8-19(14-23)9-7-13-25-15-19;/h5-15H2,1-4H3,(H,20,22)(H,21,24);1H. The number of carbonyl (C=O) groups excluding carboxylic acids is 1. The van der Waals surface area contributed by atoms with E-state index in [-0.39, 0.29) is 35.3 Å². The lowest BCUT2D eigenvalue weighted by molar-refractivity contribution is -0.128. The molecule has 7 heteroatoms. The lowest BCUT2D eigenvalue weighted by Gasteiger charge is -2.45. The van der Waals surface area contributed by atoms with Gasteiger partial charge in [-0.2, -0.15) is 0 Å². The van der Waals surface area contributed by atoms with Gasteiger partial charge in [0.1, 0.15) is 0 Å². The maximum atomic E-state index is 11.9. The molecule has 0 saturated carbocycles. The van der Waals surface area contributed by atoms with Crippen molar-refractivity contribution in [1.29, 1.82) is 0 Å². The first-order valence-electron chi connectivity index (χ1n) is 9.76. The van der Waals surface area contributed by atoms with Gasteiger partial charge in [0.2, 0.25) is 5.91 Å². The summed E-state index contributed by atoms with van der Waals surface area (Å²) < 4.78 is 5.77. The first-order chi connectivity index (χ1) is 11.9. The zero-order chi connectivity index (χ0) is 18.3. The van der Waals surface area contributed by atoms with Crippen molar-refractivity contribution >= 4 is 35.8 Å². The fourth-order valence-corrected chi connectivity index (χ4v) is 3.64. The predicted octanol–water partition coefficient (Wildman–Crippen LogP) is 2.62. The molecule has 2 rings (SSSR count). The fourth-order valence-electron chi connectivity index (χ4n) is 3.64. The normalized spacial score (nSPS) is 24.2. The molecule has 0 aliphatic carbocycles. The number of amides is 1. The minimum Gasteiger partial charge on any atom is -0.381 e. The molecule has 2 aliphatic rings. The van der Waals surface area contributed by atoms with Crippen molar-refractivity contribution in [2.24, 2.45) is 15.8 Å². The van der Waals surface area contributed by atoms with Gasteiger partial charge in [0.15, 0.2) is 5.96 Å². The molecule has 0 aromatic rings. The lowest BCUT2D eigenvalue weighted by Crippen LogP contribution is -2.53. The maximum absolute atomic E-state index is 11.9. The van der Waals surface area contributed by atoms with Crippen LogP contribution >= 0.6 is 24.0 Å². The Kier molecular flexibility index (Phi) is 9.64. The average Bonchev–Trinajstić information content (AvgIpc) is 2.57. The minimum absolute atomic E-state index is 0. The van der Waals surface area contributed by atoms with E-state index >= 15 is 0 Å². The molecule has 2 fully saturated rings. The largest absolute Gasteiger partial charge is 0.381 e. The summed E-state index contributed by atoms with van der Waals surface area (Å²) in [5.41, 5.74) is -0.0540. The smallest absolute Gasteiger partial charge is 0.225 e. The van der Waals surface area contributed by atoms with Gasteiger partial charge >= 0.3 is 0 Å². The lowest BCUT2D eigenvalue weighted by atomic mass is 9.76. The molecule has 0 radical (unpaired) electrons. The molecular formula is C19H37IN4O2. The Bertz CT molecular complexity index is 465. The fraction of sp³-hybridized carbons (Fsp3) is 0.895. The number of carbonyl (C=O) groups is 1. The summed E-state index contributed by atoms with van der Waals surface area (Å²) >= 11 is 0. The highest BCUT2D eigenvalue weighted by Gasteiger charge is 2.38. The number of rotatable bonds is 4. The summed E-state index contributed by atoms with van der Waals surface area (Å²) in [6.45, 7) is 13.8. The highest BCUT2D eigenvalue weighted by atomic mass is 127. The van der Waals surface area contributed by atoms with Crippen LogP contribution in [0.3, 0.4) is 0 Å². The van der Waals surface area contributed by atoms with Crippen molar-refractivity contribution in [1.82, 2.24) is 15.5 Å². The molecule has 0 aromatic carbocycles. The van der Waals surface area contributed by atoms with E-state index in [0.29, 0.717) is 18.5 Å². The number of ether oxygens (including phenoxy) is 1. The van der Waals surface area contributed by atoms with Crippen LogP contribution < -0.4 is 10.6 Å². The van der Waals surface area contributed by atoms with Crippen LogP contribution in [0.25, 0.3) is 0 Å². The van der Waals surface area contributed by atoms with Crippen LogP contribution in [0.2, 0.25) is 0 Å². The first-order valence-corrected chi connectivity index (χ1v) is 9.76. The highest BCUT2D eigenvalue weighted by Crippen LogP contribution is 2.37. The molecule has 1 unspecified atom stereocenters. The quantitative estimate of drug-likeness (QED) is 0.281. The molecule has 0 aromatic heterocycles. The van der Waals surface area contributed by atoms with Gasteiger partial charge in [-0.25, -0.2) is 0 Å². The Morgan fingerprint density at radius 3 is 2.58 bits per heavy atom. The van der Waals surface area contributed by atoms with E-state index in [1.54, 1.807) is 0 Å². The van der Waals surface area contributed by atoms with E-state index < -0.39 is 0 Å². The van der Waals surface area contributed by atoms with E-state index in [1.807, 2.05) is 20.8 Å². The summed E-state index contributed by atoms with van der Waals surface area (Å²) in [6.07, 6.45) is 4.87. The van der Waals surface area contributed by atoms with Crippen LogP contribution in [0, 0.1) is 10.8 Å². The highest BCUT2D eigenvalue weighted by molar-refractivity contribution is 14.0. The third kappa shape index (κ3) is 6.87. The summed E-state index contributed by atoms with van der Waals surface area (Å²) in [6, 6.07) is 0. The van der Waals surface area contributed by atoms with Crippen molar-refractivity contribution in [2.45, 2.75) is 53.4 Å². The Morgan fingerprint density at radius 1 is 1.23 bits per heavy atom. The third-order valence-corrected chi connectivity index (χ3v) is 5.04. The van der Waals surface area contributed by atoms with Crippen LogP contribution in [0.1, 0.15) is 53.4 Å². The van der Waals surface area contributed by atoms with E-state index in [2.05, 4.69) is 22.5 Å². The molecule has 2 saturated heterocycles. The van der Waals surface area contributed by atoms with Gasteiger partial charge in [0.05, 0.1) is 13.2 Å². The van der Waals surface area contributed by atoms with E-state index in [0.717, 1.165) is 38.8 Å². The summed E-state index contributed by atoms with van der Waals surface area (Å²) in [5, 5.41) is 6.38. The SMILES string of the molecule is CCNC(=NCCNC(=O)C(C)(C)C)N1CCCC2(CCCOC2)C1.I.